The predicted octanol–water partition coefficient (Wildman–Crippen LogP) is 3.32. The highest BCUT2D eigenvalue weighted by molar-refractivity contribution is 7.13. The largest absolute Gasteiger partial charge is 0.486 e. The molecule has 0 saturated carbocycles. The monoisotopic (exact) mass is 346 g/mol. The average Bonchev–Trinajstić information content (AvgIpc) is 3.00. The Morgan fingerprint density at radius 1 is 1.42 bits per heavy atom. The van der Waals surface area contributed by atoms with Crippen LogP contribution < -0.4 is 15.4 Å². The van der Waals surface area contributed by atoms with Crippen LogP contribution in [0, 0.1) is 0 Å². The van der Waals surface area contributed by atoms with Crippen molar-refractivity contribution < 1.29 is 4.74 Å². The number of nitrogen functional groups attached to an aromatic ring is 1. The van der Waals surface area contributed by atoms with Crippen LogP contribution in [0.1, 0.15) is 19.8 Å². The van der Waals surface area contributed by atoms with E-state index in [-0.39, 0.29) is 6.10 Å². The first kappa shape index (κ1) is 17.0. The lowest BCUT2D eigenvalue weighted by molar-refractivity contribution is 0.188. The Hall–Kier alpha value is -1.79. The number of nitrogens with zero attached hydrogens (tertiary/aromatic N) is 3. The first-order valence-electron chi connectivity index (χ1n) is 8.48. The highest BCUT2D eigenvalue weighted by Crippen LogP contribution is 2.38. The molecular formula is C18H26N4OS. The van der Waals surface area contributed by atoms with E-state index in [0.717, 1.165) is 49.5 Å². The lowest BCUT2D eigenvalue weighted by atomic mass is 10.1. The topological polar surface area (TPSA) is 54.6 Å². The molecular weight excluding hydrogens is 320 g/mol. The molecule has 0 saturated heterocycles. The summed E-state index contributed by atoms with van der Waals surface area (Å²) in [6, 6.07) is 6.33. The molecule has 1 aliphatic rings. The predicted molar refractivity (Wildman–Crippen MR) is 102 cm³/mol. The maximum atomic E-state index is 6.14. The first-order valence-corrected chi connectivity index (χ1v) is 9.36. The van der Waals surface area contributed by atoms with E-state index in [1.165, 1.54) is 17.0 Å². The third kappa shape index (κ3) is 3.82. The number of nitrogens with two attached hydrogens (primary N) is 1. The van der Waals surface area contributed by atoms with Crippen molar-refractivity contribution >= 4 is 22.2 Å². The fraction of sp³-hybridized carbons (Fsp3) is 0.500. The number of benzene rings is 1. The van der Waals surface area contributed by atoms with Gasteiger partial charge in [0.05, 0.1) is 17.9 Å². The molecule has 1 aliphatic heterocycles. The Morgan fingerprint density at radius 2 is 2.25 bits per heavy atom. The van der Waals surface area contributed by atoms with Crippen molar-refractivity contribution in [3.05, 3.63) is 23.6 Å². The minimum Gasteiger partial charge on any atom is -0.486 e. The van der Waals surface area contributed by atoms with Crippen LogP contribution in [0.5, 0.6) is 5.75 Å². The van der Waals surface area contributed by atoms with E-state index in [0.29, 0.717) is 5.13 Å². The van der Waals surface area contributed by atoms with Crippen molar-refractivity contribution in [2.24, 2.45) is 0 Å². The molecule has 2 aromatic rings. The SMILES string of the molecule is CCC1CN(CCCN(C)C)c2cc(-c3csc(N)n3)ccc2O1. The van der Waals surface area contributed by atoms with Crippen molar-refractivity contribution in [1.29, 1.82) is 0 Å². The van der Waals surface area contributed by atoms with Crippen molar-refractivity contribution in [2.45, 2.75) is 25.9 Å². The summed E-state index contributed by atoms with van der Waals surface area (Å²) >= 11 is 1.47. The number of ether oxygens (including phenoxy) is 1. The van der Waals surface area contributed by atoms with Crippen molar-refractivity contribution in [3.63, 3.8) is 0 Å². The standard InChI is InChI=1S/C18H26N4OS/c1-4-14-11-22(9-5-8-21(2)3)16-10-13(6-7-17(16)23-14)15-12-24-18(19)20-15/h6-7,10,12,14H,4-5,8-9,11H2,1-3H3,(H2,19,20). The van der Waals surface area contributed by atoms with Crippen LogP contribution in [-0.2, 0) is 0 Å². The molecule has 0 fully saturated rings. The summed E-state index contributed by atoms with van der Waals surface area (Å²) in [6.07, 6.45) is 2.42. The van der Waals surface area contributed by atoms with Crippen LogP contribution in [0.25, 0.3) is 11.3 Å². The van der Waals surface area contributed by atoms with Crippen LogP contribution in [0.15, 0.2) is 23.6 Å². The van der Waals surface area contributed by atoms with E-state index < -0.39 is 0 Å². The molecule has 6 heteroatoms. The van der Waals surface area contributed by atoms with Gasteiger partial charge in [-0.25, -0.2) is 4.98 Å². The summed E-state index contributed by atoms with van der Waals surface area (Å²) in [5.41, 5.74) is 8.98. The number of hydrogen-bond donors (Lipinski definition) is 1. The molecule has 1 aromatic heterocycles. The van der Waals surface area contributed by atoms with Crippen molar-refractivity contribution in [3.8, 4) is 17.0 Å². The summed E-state index contributed by atoms with van der Waals surface area (Å²) in [5, 5.41) is 2.61. The minimum atomic E-state index is 0.262. The van der Waals surface area contributed by atoms with Gasteiger partial charge >= 0.3 is 0 Å². The summed E-state index contributed by atoms with van der Waals surface area (Å²) in [6.45, 7) is 5.25. The summed E-state index contributed by atoms with van der Waals surface area (Å²) in [7, 11) is 4.24. The third-order valence-electron chi connectivity index (χ3n) is 4.32. The van der Waals surface area contributed by atoms with Gasteiger partial charge in [-0.05, 0) is 51.7 Å². The third-order valence-corrected chi connectivity index (χ3v) is 5.00. The van der Waals surface area contributed by atoms with Gasteiger partial charge in [0.25, 0.3) is 0 Å². The Bertz CT molecular complexity index is 685. The van der Waals surface area contributed by atoms with Gasteiger partial charge < -0.3 is 20.3 Å². The second kappa shape index (κ2) is 7.40. The minimum absolute atomic E-state index is 0.262. The molecule has 1 aromatic carbocycles. The Morgan fingerprint density at radius 3 is 2.92 bits per heavy atom. The lowest BCUT2D eigenvalue weighted by Gasteiger charge is -2.36. The maximum Gasteiger partial charge on any atom is 0.180 e. The number of aromatic nitrogens is 1. The highest BCUT2D eigenvalue weighted by Gasteiger charge is 2.25. The van der Waals surface area contributed by atoms with E-state index in [1.807, 2.05) is 5.38 Å². The summed E-state index contributed by atoms with van der Waals surface area (Å²) in [5.74, 6) is 0.977. The molecule has 1 unspecified atom stereocenters. The molecule has 5 nitrogen and oxygen atoms in total. The van der Waals surface area contributed by atoms with Gasteiger partial charge in [-0.3, -0.25) is 0 Å². The van der Waals surface area contributed by atoms with Crippen LogP contribution >= 0.6 is 11.3 Å². The second-order valence-corrected chi connectivity index (χ2v) is 7.39. The first-order chi connectivity index (χ1) is 11.6. The molecule has 0 aliphatic carbocycles. The molecule has 0 radical (unpaired) electrons. The van der Waals surface area contributed by atoms with Gasteiger partial charge in [0.1, 0.15) is 11.9 Å². The summed E-state index contributed by atoms with van der Waals surface area (Å²) in [4.78, 5) is 9.09. The zero-order valence-corrected chi connectivity index (χ0v) is 15.5. The molecule has 0 spiro atoms. The number of rotatable bonds is 6. The average molecular weight is 347 g/mol. The van der Waals surface area contributed by atoms with Crippen molar-refractivity contribution in [1.82, 2.24) is 9.88 Å². The number of thiazole rings is 1. The molecule has 130 valence electrons. The Balaban J connectivity index is 1.85. The molecule has 1 atom stereocenters. The number of anilines is 2. The molecule has 3 rings (SSSR count). The quantitative estimate of drug-likeness (QED) is 0.869. The fourth-order valence-corrected chi connectivity index (χ4v) is 3.58. The molecule has 0 bridgehead atoms. The van der Waals surface area contributed by atoms with Crippen LogP contribution in [-0.4, -0.2) is 49.7 Å². The molecule has 0 amide bonds. The smallest absolute Gasteiger partial charge is 0.180 e. The Labute approximate surface area is 148 Å². The van der Waals surface area contributed by atoms with Gasteiger partial charge in [0.15, 0.2) is 5.13 Å². The van der Waals surface area contributed by atoms with Crippen LogP contribution in [0.3, 0.4) is 0 Å². The zero-order chi connectivity index (χ0) is 17.1. The number of hydrogen-bond acceptors (Lipinski definition) is 6. The highest BCUT2D eigenvalue weighted by atomic mass is 32.1. The zero-order valence-electron chi connectivity index (χ0n) is 14.7. The Kier molecular flexibility index (Phi) is 5.26. The van der Waals surface area contributed by atoms with Gasteiger partial charge in [-0.15, -0.1) is 11.3 Å². The van der Waals surface area contributed by atoms with E-state index in [1.54, 1.807) is 0 Å². The molecule has 2 heterocycles. The summed E-state index contributed by atoms with van der Waals surface area (Å²) < 4.78 is 6.14. The second-order valence-electron chi connectivity index (χ2n) is 6.50. The van der Waals surface area contributed by atoms with Gasteiger partial charge in [-0.2, -0.15) is 0 Å². The van der Waals surface area contributed by atoms with E-state index >= 15 is 0 Å². The van der Waals surface area contributed by atoms with Gasteiger partial charge in [0.2, 0.25) is 0 Å². The molecule has 24 heavy (non-hydrogen) atoms. The normalized spacial score (nSPS) is 17.0. The lowest BCUT2D eigenvalue weighted by Crippen LogP contribution is -2.40. The molecule has 2 N–H and O–H groups in total. The van der Waals surface area contributed by atoms with Crippen LogP contribution in [0.4, 0.5) is 10.8 Å². The van der Waals surface area contributed by atoms with E-state index in [2.05, 4.69) is 54.0 Å². The van der Waals surface area contributed by atoms with Crippen LogP contribution in [0.2, 0.25) is 0 Å². The number of fused-ring (bicyclic) bond motifs is 1. The van der Waals surface area contributed by atoms with E-state index in [9.17, 15) is 0 Å². The van der Waals surface area contributed by atoms with Crippen molar-refractivity contribution in [2.75, 3.05) is 44.4 Å². The fourth-order valence-electron chi connectivity index (χ4n) is 3.01. The van der Waals surface area contributed by atoms with E-state index in [4.69, 9.17) is 10.5 Å². The van der Waals surface area contributed by atoms with Gasteiger partial charge in [-0.1, -0.05) is 6.92 Å². The maximum absolute atomic E-state index is 6.14. The van der Waals surface area contributed by atoms with Gasteiger partial charge in [0, 0.05) is 17.5 Å².